The summed E-state index contributed by atoms with van der Waals surface area (Å²) in [6.07, 6.45) is 2.32. The first-order chi connectivity index (χ1) is 11.1. The molecule has 122 valence electrons. The minimum absolute atomic E-state index is 0.0443. The summed E-state index contributed by atoms with van der Waals surface area (Å²) in [5.41, 5.74) is 2.10. The average molecular weight is 330 g/mol. The zero-order chi connectivity index (χ0) is 16.4. The lowest BCUT2D eigenvalue weighted by atomic mass is 9.96. The molecule has 1 N–H and O–H groups in total. The van der Waals surface area contributed by atoms with Crippen molar-refractivity contribution < 1.29 is 9.90 Å². The summed E-state index contributed by atoms with van der Waals surface area (Å²) in [5.74, 6) is -0.210. The van der Waals surface area contributed by atoms with Gasteiger partial charge in [-0.25, -0.2) is 4.98 Å². The number of carbonyl (C=O) groups is 1. The summed E-state index contributed by atoms with van der Waals surface area (Å²) in [6.45, 7) is 2.01. The number of hydrogen-bond donors (Lipinski definition) is 1. The van der Waals surface area contributed by atoms with E-state index >= 15 is 0 Å². The monoisotopic (exact) mass is 330 g/mol. The van der Waals surface area contributed by atoms with E-state index in [1.54, 1.807) is 23.3 Å². The number of carbonyl (C=O) groups excluding carboxylic acids is 1. The fourth-order valence-corrected chi connectivity index (χ4v) is 4.35. The summed E-state index contributed by atoms with van der Waals surface area (Å²) in [6, 6.07) is 9.68. The standard InChI is InChI=1S/C18H22N2O2S/c1-12-19-14-9-6-10-15(17(14)23-12)20(2)18(22)16(21)11-13-7-4-3-5-8-13/h3-5,7-8,15-16,21H,6,9-11H2,1-2H3/t15-,16-/m0/s1. The Morgan fingerprint density at radius 2 is 2.17 bits per heavy atom. The fourth-order valence-electron chi connectivity index (χ4n) is 3.20. The van der Waals surface area contributed by atoms with Crippen molar-refractivity contribution in [2.24, 2.45) is 0 Å². The molecule has 0 aliphatic heterocycles. The first kappa shape index (κ1) is 16.1. The number of aliphatic hydroxyl groups excluding tert-OH is 1. The number of rotatable bonds is 4. The molecule has 1 amide bonds. The van der Waals surface area contributed by atoms with Crippen LogP contribution in [-0.2, 0) is 17.6 Å². The van der Waals surface area contributed by atoms with Gasteiger partial charge in [0.15, 0.2) is 0 Å². The quantitative estimate of drug-likeness (QED) is 0.938. The molecule has 23 heavy (non-hydrogen) atoms. The van der Waals surface area contributed by atoms with Crippen molar-refractivity contribution in [2.75, 3.05) is 7.05 Å². The second kappa shape index (κ2) is 6.81. The summed E-state index contributed by atoms with van der Waals surface area (Å²) in [7, 11) is 1.80. The molecule has 2 aromatic rings. The lowest BCUT2D eigenvalue weighted by Gasteiger charge is -2.32. The number of benzene rings is 1. The van der Waals surface area contributed by atoms with Crippen LogP contribution >= 0.6 is 11.3 Å². The molecule has 0 fully saturated rings. The average Bonchev–Trinajstić information content (AvgIpc) is 2.94. The van der Waals surface area contributed by atoms with Crippen LogP contribution in [-0.4, -0.2) is 34.0 Å². The molecule has 0 spiro atoms. The molecule has 0 radical (unpaired) electrons. The zero-order valence-electron chi connectivity index (χ0n) is 13.5. The van der Waals surface area contributed by atoms with Gasteiger partial charge in [-0.2, -0.15) is 0 Å². The van der Waals surface area contributed by atoms with Crippen molar-refractivity contribution in [2.45, 2.75) is 44.8 Å². The molecular formula is C18H22N2O2S. The molecule has 1 aliphatic rings. The van der Waals surface area contributed by atoms with E-state index in [0.717, 1.165) is 35.5 Å². The minimum atomic E-state index is -0.998. The lowest BCUT2D eigenvalue weighted by molar-refractivity contribution is -0.141. The molecular weight excluding hydrogens is 308 g/mol. The number of hydrogen-bond acceptors (Lipinski definition) is 4. The number of fused-ring (bicyclic) bond motifs is 1. The fraction of sp³-hybridized carbons (Fsp3) is 0.444. The Kier molecular flexibility index (Phi) is 4.78. The Hall–Kier alpha value is -1.72. The second-order valence-corrected chi connectivity index (χ2v) is 7.34. The van der Waals surface area contributed by atoms with Gasteiger partial charge in [0.25, 0.3) is 5.91 Å². The number of aliphatic hydroxyl groups is 1. The molecule has 0 bridgehead atoms. The Morgan fingerprint density at radius 3 is 2.91 bits per heavy atom. The van der Waals surface area contributed by atoms with E-state index in [2.05, 4.69) is 4.98 Å². The second-order valence-electron chi connectivity index (χ2n) is 6.11. The van der Waals surface area contributed by atoms with Crippen molar-refractivity contribution >= 4 is 17.2 Å². The van der Waals surface area contributed by atoms with Gasteiger partial charge >= 0.3 is 0 Å². The van der Waals surface area contributed by atoms with Crippen molar-refractivity contribution in [1.29, 1.82) is 0 Å². The van der Waals surface area contributed by atoms with Crippen LogP contribution in [0.4, 0.5) is 0 Å². The highest BCUT2D eigenvalue weighted by atomic mass is 32.1. The Balaban J connectivity index is 1.72. The van der Waals surface area contributed by atoms with Crippen LogP contribution in [0.2, 0.25) is 0 Å². The van der Waals surface area contributed by atoms with Crippen molar-refractivity contribution in [1.82, 2.24) is 9.88 Å². The highest BCUT2D eigenvalue weighted by Crippen LogP contribution is 2.37. The predicted octanol–water partition coefficient (Wildman–Crippen LogP) is 2.89. The van der Waals surface area contributed by atoms with Crippen LogP contribution in [0.15, 0.2) is 30.3 Å². The van der Waals surface area contributed by atoms with Crippen molar-refractivity contribution in [3.05, 3.63) is 51.5 Å². The van der Waals surface area contributed by atoms with Crippen LogP contribution in [0, 0.1) is 6.92 Å². The van der Waals surface area contributed by atoms with E-state index in [1.165, 1.54) is 4.88 Å². The van der Waals surface area contributed by atoms with Gasteiger partial charge in [-0.05, 0) is 31.7 Å². The summed E-state index contributed by atoms with van der Waals surface area (Å²) in [5, 5.41) is 11.4. The number of thiazole rings is 1. The third-order valence-electron chi connectivity index (χ3n) is 4.40. The van der Waals surface area contributed by atoms with Gasteiger partial charge in [0.1, 0.15) is 6.10 Å². The van der Waals surface area contributed by atoms with Gasteiger partial charge in [-0.3, -0.25) is 4.79 Å². The first-order valence-corrected chi connectivity index (χ1v) is 8.82. The summed E-state index contributed by atoms with van der Waals surface area (Å²) >= 11 is 1.67. The van der Waals surface area contributed by atoms with Crippen LogP contribution < -0.4 is 0 Å². The number of amides is 1. The first-order valence-electron chi connectivity index (χ1n) is 8.01. The molecule has 1 aliphatic carbocycles. The van der Waals surface area contributed by atoms with Crippen LogP contribution in [0.25, 0.3) is 0 Å². The molecule has 3 rings (SSSR count). The van der Waals surface area contributed by atoms with E-state index in [-0.39, 0.29) is 11.9 Å². The van der Waals surface area contributed by atoms with Crippen molar-refractivity contribution in [3.63, 3.8) is 0 Å². The Bertz CT molecular complexity index is 684. The molecule has 1 heterocycles. The number of aromatic nitrogens is 1. The highest BCUT2D eigenvalue weighted by molar-refractivity contribution is 7.11. The molecule has 0 saturated heterocycles. The highest BCUT2D eigenvalue weighted by Gasteiger charge is 2.32. The van der Waals surface area contributed by atoms with E-state index in [4.69, 9.17) is 0 Å². The zero-order valence-corrected chi connectivity index (χ0v) is 14.3. The van der Waals surface area contributed by atoms with Gasteiger partial charge in [0.05, 0.1) is 21.6 Å². The molecule has 4 nitrogen and oxygen atoms in total. The predicted molar refractivity (Wildman–Crippen MR) is 91.5 cm³/mol. The molecule has 1 aromatic carbocycles. The normalized spacial score (nSPS) is 18.3. The largest absolute Gasteiger partial charge is 0.383 e. The van der Waals surface area contributed by atoms with Gasteiger partial charge in [0.2, 0.25) is 0 Å². The van der Waals surface area contributed by atoms with Gasteiger partial charge in [0, 0.05) is 13.5 Å². The maximum absolute atomic E-state index is 12.6. The molecule has 1 aromatic heterocycles. The number of nitrogens with zero attached hydrogens (tertiary/aromatic N) is 2. The Morgan fingerprint density at radius 1 is 1.43 bits per heavy atom. The van der Waals surface area contributed by atoms with E-state index in [9.17, 15) is 9.90 Å². The maximum atomic E-state index is 12.6. The van der Waals surface area contributed by atoms with Crippen LogP contribution in [0.3, 0.4) is 0 Å². The van der Waals surface area contributed by atoms with Crippen LogP contribution in [0.5, 0.6) is 0 Å². The third kappa shape index (κ3) is 3.46. The number of likely N-dealkylation sites (N-methyl/N-ethyl adjacent to an activating group) is 1. The van der Waals surface area contributed by atoms with Gasteiger partial charge < -0.3 is 10.0 Å². The van der Waals surface area contributed by atoms with Crippen molar-refractivity contribution in [3.8, 4) is 0 Å². The van der Waals surface area contributed by atoms with E-state index in [1.807, 2.05) is 37.3 Å². The van der Waals surface area contributed by atoms with Gasteiger partial charge in [-0.1, -0.05) is 30.3 Å². The lowest BCUT2D eigenvalue weighted by Crippen LogP contribution is -2.40. The topological polar surface area (TPSA) is 53.4 Å². The number of aryl methyl sites for hydroxylation is 2. The van der Waals surface area contributed by atoms with Crippen LogP contribution in [0.1, 0.15) is 40.0 Å². The smallest absolute Gasteiger partial charge is 0.252 e. The molecule has 2 atom stereocenters. The van der Waals surface area contributed by atoms with Gasteiger partial charge in [-0.15, -0.1) is 11.3 Å². The minimum Gasteiger partial charge on any atom is -0.383 e. The SMILES string of the molecule is Cc1nc2c(s1)[C@@H](N(C)C(=O)[C@@H](O)Cc1ccccc1)CCC2. The summed E-state index contributed by atoms with van der Waals surface area (Å²) < 4.78 is 0. The van der Waals surface area contributed by atoms with E-state index < -0.39 is 6.10 Å². The molecule has 5 heteroatoms. The third-order valence-corrected chi connectivity index (χ3v) is 5.51. The maximum Gasteiger partial charge on any atom is 0.252 e. The Labute approximate surface area is 140 Å². The molecule has 0 saturated carbocycles. The van der Waals surface area contributed by atoms with E-state index in [0.29, 0.717) is 6.42 Å². The summed E-state index contributed by atoms with van der Waals surface area (Å²) in [4.78, 5) is 20.1. The molecule has 0 unspecified atom stereocenters.